The van der Waals surface area contributed by atoms with Crippen LogP contribution >= 0.6 is 0 Å². The van der Waals surface area contributed by atoms with Gasteiger partial charge < -0.3 is 0 Å². The Bertz CT molecular complexity index is 603. The maximum atomic E-state index is 12.4. The van der Waals surface area contributed by atoms with Crippen LogP contribution in [0.5, 0.6) is 0 Å². The quantitative estimate of drug-likeness (QED) is 0.685. The molecule has 0 amide bonds. The van der Waals surface area contributed by atoms with E-state index >= 15 is 0 Å². The summed E-state index contributed by atoms with van der Waals surface area (Å²) in [5, 5.41) is 7.06. The second-order valence-electron chi connectivity index (χ2n) is 3.25. The maximum Gasteiger partial charge on any atom is 0.416 e. The SMILES string of the molecule is Cn1nnc2cc(C(F)(F)F)ccc2c1=O. The molecule has 0 unspecified atom stereocenters. The van der Waals surface area contributed by atoms with Crippen LogP contribution in [0.4, 0.5) is 13.2 Å². The summed E-state index contributed by atoms with van der Waals surface area (Å²) in [4.78, 5) is 11.5. The summed E-state index contributed by atoms with van der Waals surface area (Å²) in [7, 11) is 1.38. The van der Waals surface area contributed by atoms with E-state index in [2.05, 4.69) is 10.3 Å². The van der Waals surface area contributed by atoms with Gasteiger partial charge in [-0.2, -0.15) is 13.2 Å². The molecule has 0 atom stereocenters. The minimum Gasteiger partial charge on any atom is -0.267 e. The first-order valence-electron chi connectivity index (χ1n) is 4.30. The van der Waals surface area contributed by atoms with Gasteiger partial charge in [-0.1, -0.05) is 5.21 Å². The van der Waals surface area contributed by atoms with E-state index in [0.29, 0.717) is 0 Å². The third-order valence-electron chi connectivity index (χ3n) is 2.14. The monoisotopic (exact) mass is 229 g/mol. The fraction of sp³-hybridized carbons (Fsp3) is 0.222. The van der Waals surface area contributed by atoms with E-state index < -0.39 is 17.3 Å². The molecule has 0 fully saturated rings. The van der Waals surface area contributed by atoms with Crippen LogP contribution < -0.4 is 5.56 Å². The summed E-state index contributed by atoms with van der Waals surface area (Å²) in [6.07, 6.45) is -4.45. The van der Waals surface area contributed by atoms with Gasteiger partial charge in [-0.15, -0.1) is 5.10 Å². The van der Waals surface area contributed by atoms with Crippen LogP contribution in [0.15, 0.2) is 23.0 Å². The molecule has 0 aliphatic heterocycles. The molecule has 0 N–H and O–H groups in total. The van der Waals surface area contributed by atoms with Gasteiger partial charge in [0.25, 0.3) is 5.56 Å². The number of rotatable bonds is 0. The van der Waals surface area contributed by atoms with Crippen LogP contribution in [-0.4, -0.2) is 15.0 Å². The summed E-state index contributed by atoms with van der Waals surface area (Å²) in [6.45, 7) is 0. The normalized spacial score (nSPS) is 12.0. The zero-order chi connectivity index (χ0) is 11.9. The highest BCUT2D eigenvalue weighted by Crippen LogP contribution is 2.30. The third kappa shape index (κ3) is 1.64. The molecular weight excluding hydrogens is 223 g/mol. The standard InChI is InChI=1S/C9H6F3N3O/c1-15-8(16)6-3-2-5(9(10,11)12)4-7(6)13-14-15/h2-4H,1H3. The van der Waals surface area contributed by atoms with Crippen LogP contribution in [0.1, 0.15) is 5.56 Å². The van der Waals surface area contributed by atoms with Crippen molar-refractivity contribution in [2.45, 2.75) is 6.18 Å². The number of fused-ring (bicyclic) bond motifs is 1. The highest BCUT2D eigenvalue weighted by Gasteiger charge is 2.30. The second kappa shape index (κ2) is 3.29. The number of hydrogen-bond donors (Lipinski definition) is 0. The Hall–Kier alpha value is -1.92. The lowest BCUT2D eigenvalue weighted by atomic mass is 10.1. The number of hydrogen-bond acceptors (Lipinski definition) is 3. The van der Waals surface area contributed by atoms with Crippen LogP contribution in [0.25, 0.3) is 10.9 Å². The first-order valence-corrected chi connectivity index (χ1v) is 4.30. The lowest BCUT2D eigenvalue weighted by Crippen LogP contribution is -2.21. The van der Waals surface area contributed by atoms with Gasteiger partial charge >= 0.3 is 6.18 Å². The first-order chi connectivity index (χ1) is 7.39. The van der Waals surface area contributed by atoms with Gasteiger partial charge in [-0.05, 0) is 18.2 Å². The van der Waals surface area contributed by atoms with Crippen molar-refractivity contribution in [1.82, 2.24) is 15.0 Å². The molecule has 1 aromatic carbocycles. The Kier molecular flexibility index (Phi) is 2.18. The molecular formula is C9H6F3N3O. The molecule has 0 saturated carbocycles. The summed E-state index contributed by atoms with van der Waals surface area (Å²) < 4.78 is 38.1. The zero-order valence-corrected chi connectivity index (χ0v) is 8.12. The van der Waals surface area contributed by atoms with Crippen molar-refractivity contribution in [2.24, 2.45) is 7.05 Å². The van der Waals surface area contributed by atoms with Crippen molar-refractivity contribution in [3.05, 3.63) is 34.1 Å². The molecule has 16 heavy (non-hydrogen) atoms. The molecule has 0 aliphatic carbocycles. The van der Waals surface area contributed by atoms with E-state index in [1.165, 1.54) is 7.05 Å². The lowest BCUT2D eigenvalue weighted by molar-refractivity contribution is -0.137. The second-order valence-corrected chi connectivity index (χ2v) is 3.25. The molecule has 84 valence electrons. The van der Waals surface area contributed by atoms with E-state index in [1.807, 2.05) is 0 Å². The number of benzene rings is 1. The molecule has 4 nitrogen and oxygen atoms in total. The summed E-state index contributed by atoms with van der Waals surface area (Å²) in [5.74, 6) is 0. The highest BCUT2D eigenvalue weighted by atomic mass is 19.4. The van der Waals surface area contributed by atoms with Gasteiger partial charge in [-0.25, -0.2) is 4.68 Å². The molecule has 1 aromatic heterocycles. The third-order valence-corrected chi connectivity index (χ3v) is 2.14. The highest BCUT2D eigenvalue weighted by molar-refractivity contribution is 5.77. The minimum atomic E-state index is -4.45. The van der Waals surface area contributed by atoms with Gasteiger partial charge in [-0.3, -0.25) is 4.79 Å². The van der Waals surface area contributed by atoms with Gasteiger partial charge in [0.05, 0.1) is 10.9 Å². The van der Waals surface area contributed by atoms with Crippen LogP contribution in [0, 0.1) is 0 Å². The molecule has 0 spiro atoms. The predicted octanol–water partition coefficient (Wildman–Crippen LogP) is 1.35. The average Bonchev–Trinajstić information content (AvgIpc) is 2.22. The number of nitrogens with zero attached hydrogens (tertiary/aromatic N) is 3. The molecule has 0 saturated heterocycles. The fourth-order valence-electron chi connectivity index (χ4n) is 1.30. The molecule has 7 heteroatoms. The predicted molar refractivity (Wildman–Crippen MR) is 49.8 cm³/mol. The van der Waals surface area contributed by atoms with E-state index in [1.54, 1.807) is 0 Å². The van der Waals surface area contributed by atoms with Gasteiger partial charge in [0.15, 0.2) is 0 Å². The Balaban J connectivity index is 2.75. The van der Waals surface area contributed by atoms with Gasteiger partial charge in [0.1, 0.15) is 5.52 Å². The van der Waals surface area contributed by atoms with E-state index in [9.17, 15) is 18.0 Å². The van der Waals surface area contributed by atoms with Crippen molar-refractivity contribution < 1.29 is 13.2 Å². The minimum absolute atomic E-state index is 0.0575. The Morgan fingerprint density at radius 2 is 2.00 bits per heavy atom. The molecule has 2 rings (SSSR count). The van der Waals surface area contributed by atoms with Crippen LogP contribution in [0.3, 0.4) is 0 Å². The number of aromatic nitrogens is 3. The van der Waals surface area contributed by atoms with Crippen molar-refractivity contribution in [2.75, 3.05) is 0 Å². The number of aryl methyl sites for hydroxylation is 1. The molecule has 0 radical (unpaired) electrons. The van der Waals surface area contributed by atoms with E-state index in [4.69, 9.17) is 0 Å². The van der Waals surface area contributed by atoms with Gasteiger partial charge in [0.2, 0.25) is 0 Å². The molecule has 1 heterocycles. The summed E-state index contributed by atoms with van der Waals surface area (Å²) in [6, 6.07) is 2.77. The molecule has 2 aromatic rings. The summed E-state index contributed by atoms with van der Waals surface area (Å²) >= 11 is 0. The smallest absolute Gasteiger partial charge is 0.267 e. The maximum absolute atomic E-state index is 12.4. The van der Waals surface area contributed by atoms with Crippen LogP contribution in [0.2, 0.25) is 0 Å². The summed E-state index contributed by atoms with van der Waals surface area (Å²) in [5.41, 5.74) is -1.38. The van der Waals surface area contributed by atoms with Crippen molar-refractivity contribution >= 4 is 10.9 Å². The lowest BCUT2D eigenvalue weighted by Gasteiger charge is -2.06. The molecule has 0 aliphatic rings. The average molecular weight is 229 g/mol. The Labute approximate surface area is 87.3 Å². The number of alkyl halides is 3. The number of halogens is 3. The van der Waals surface area contributed by atoms with Gasteiger partial charge in [0, 0.05) is 7.05 Å². The largest absolute Gasteiger partial charge is 0.416 e. The van der Waals surface area contributed by atoms with Crippen molar-refractivity contribution in [1.29, 1.82) is 0 Å². The molecule has 0 bridgehead atoms. The Morgan fingerprint density at radius 1 is 1.31 bits per heavy atom. The fourth-order valence-corrected chi connectivity index (χ4v) is 1.30. The van der Waals surface area contributed by atoms with Crippen molar-refractivity contribution in [3.63, 3.8) is 0 Å². The van der Waals surface area contributed by atoms with Crippen LogP contribution in [-0.2, 0) is 13.2 Å². The zero-order valence-electron chi connectivity index (χ0n) is 8.12. The topological polar surface area (TPSA) is 47.8 Å². The van der Waals surface area contributed by atoms with E-state index in [-0.39, 0.29) is 10.9 Å². The Morgan fingerprint density at radius 3 is 2.62 bits per heavy atom. The van der Waals surface area contributed by atoms with E-state index in [0.717, 1.165) is 22.9 Å². The first kappa shape index (κ1) is 10.6. The van der Waals surface area contributed by atoms with Crippen molar-refractivity contribution in [3.8, 4) is 0 Å².